The number of rotatable bonds is 5. The Morgan fingerprint density at radius 1 is 1.13 bits per heavy atom. The van der Waals surface area contributed by atoms with Crippen molar-refractivity contribution in [2.75, 3.05) is 31.1 Å². The van der Waals surface area contributed by atoms with Crippen molar-refractivity contribution in [2.24, 2.45) is 5.92 Å². The quantitative estimate of drug-likeness (QED) is 0.653. The van der Waals surface area contributed by atoms with Crippen molar-refractivity contribution in [2.45, 2.75) is 58.5 Å². The molecule has 3 aliphatic rings. The van der Waals surface area contributed by atoms with Crippen molar-refractivity contribution in [1.29, 1.82) is 0 Å². The van der Waals surface area contributed by atoms with Gasteiger partial charge in [-0.25, -0.2) is 9.97 Å². The number of halogens is 3. The van der Waals surface area contributed by atoms with Gasteiger partial charge >= 0.3 is 6.68 Å². The zero-order chi connectivity index (χ0) is 22.4. The summed E-state index contributed by atoms with van der Waals surface area (Å²) in [5.74, 6) is 3.48. The summed E-state index contributed by atoms with van der Waals surface area (Å²) < 4.78 is 29.0. The Bertz CT molecular complexity index is 824. The number of fused-ring (bicyclic) bond motifs is 1. The molecule has 170 valence electrons. The first-order valence-corrected chi connectivity index (χ1v) is 11.1. The third-order valence-corrected chi connectivity index (χ3v) is 5.85. The number of hydrogen-bond donors (Lipinski definition) is 1. The second-order valence-electron chi connectivity index (χ2n) is 8.66. The van der Waals surface area contributed by atoms with Gasteiger partial charge in [0, 0.05) is 43.5 Å². The first-order valence-electron chi connectivity index (χ1n) is 11.1. The molecular weight excluding hydrogens is 401 g/mol. The van der Waals surface area contributed by atoms with Crippen molar-refractivity contribution < 1.29 is 13.2 Å². The minimum atomic E-state index is -3.67. The van der Waals surface area contributed by atoms with Gasteiger partial charge in [-0.1, -0.05) is 30.4 Å². The van der Waals surface area contributed by atoms with E-state index in [1.807, 2.05) is 6.08 Å². The Morgan fingerprint density at radius 2 is 1.84 bits per heavy atom. The molecule has 0 bridgehead atoms. The molecule has 1 saturated carbocycles. The Labute approximate surface area is 183 Å². The van der Waals surface area contributed by atoms with E-state index >= 15 is 0 Å². The van der Waals surface area contributed by atoms with Crippen molar-refractivity contribution in [3.63, 3.8) is 0 Å². The lowest BCUT2D eigenvalue weighted by molar-refractivity contribution is 0.00819. The van der Waals surface area contributed by atoms with Crippen LogP contribution in [-0.2, 0) is 12.8 Å². The summed E-state index contributed by atoms with van der Waals surface area (Å²) in [6, 6.07) is 0. The molecule has 3 heterocycles. The highest BCUT2D eigenvalue weighted by Gasteiger charge is 2.32. The molecule has 0 radical (unpaired) electrons. The molecule has 1 unspecified atom stereocenters. The highest BCUT2D eigenvalue weighted by molar-refractivity contribution is 5.52. The average molecular weight is 435 g/mol. The Kier molecular flexibility index (Phi) is 8.29. The van der Waals surface area contributed by atoms with Gasteiger partial charge in [-0.3, -0.25) is 0 Å². The van der Waals surface area contributed by atoms with Crippen LogP contribution in [0.3, 0.4) is 0 Å². The second kappa shape index (κ2) is 10.9. The Hall–Kier alpha value is -2.15. The summed E-state index contributed by atoms with van der Waals surface area (Å²) in [7, 11) is 0. The van der Waals surface area contributed by atoms with E-state index in [4.69, 9.17) is 9.97 Å². The minimum Gasteiger partial charge on any atom is -0.356 e. The Balaban J connectivity index is 0.000000628. The van der Waals surface area contributed by atoms with Gasteiger partial charge in [0.05, 0.1) is 5.69 Å². The lowest BCUT2D eigenvalue weighted by Crippen LogP contribution is -2.25. The summed E-state index contributed by atoms with van der Waals surface area (Å²) in [6.45, 7) is 8.78. The van der Waals surface area contributed by atoms with Crippen LogP contribution in [0.4, 0.5) is 19.0 Å². The predicted octanol–water partition coefficient (Wildman–Crippen LogP) is 5.13. The molecule has 1 aliphatic carbocycles. The molecule has 4 nitrogen and oxygen atoms in total. The second-order valence-corrected chi connectivity index (χ2v) is 8.66. The van der Waals surface area contributed by atoms with Gasteiger partial charge in [0.15, 0.2) is 0 Å². The molecule has 0 spiro atoms. The number of anilines is 1. The van der Waals surface area contributed by atoms with E-state index in [0.29, 0.717) is 11.8 Å². The van der Waals surface area contributed by atoms with Crippen LogP contribution in [-0.4, -0.2) is 42.8 Å². The summed E-state index contributed by atoms with van der Waals surface area (Å²) in [6.07, 6.45) is 12.2. The third-order valence-electron chi connectivity index (χ3n) is 5.85. The number of nitrogens with one attached hydrogen (secondary N) is 1. The SMILES string of the molecule is C=C/C=C(\C=C(C)C)C1CCN(c2nc(C3CC3)nc3c2CCNCC3)C1.FC(F)F. The van der Waals surface area contributed by atoms with Crippen LogP contribution in [0, 0.1) is 5.92 Å². The smallest absolute Gasteiger partial charge is 0.356 e. The molecule has 4 rings (SSSR count). The normalized spacial score (nSPS) is 21.2. The van der Waals surface area contributed by atoms with Crippen molar-refractivity contribution in [1.82, 2.24) is 15.3 Å². The number of allylic oxidation sites excluding steroid dienone is 4. The van der Waals surface area contributed by atoms with E-state index in [0.717, 1.165) is 44.8 Å². The summed E-state index contributed by atoms with van der Waals surface area (Å²) in [5.41, 5.74) is 5.43. The van der Waals surface area contributed by atoms with E-state index < -0.39 is 6.68 Å². The van der Waals surface area contributed by atoms with Crippen LogP contribution >= 0.6 is 0 Å². The summed E-state index contributed by atoms with van der Waals surface area (Å²) in [4.78, 5) is 12.6. The topological polar surface area (TPSA) is 41.1 Å². The van der Waals surface area contributed by atoms with Crippen LogP contribution < -0.4 is 10.2 Å². The highest BCUT2D eigenvalue weighted by Crippen LogP contribution is 2.40. The van der Waals surface area contributed by atoms with E-state index in [1.165, 1.54) is 47.5 Å². The number of hydrogen-bond acceptors (Lipinski definition) is 4. The monoisotopic (exact) mass is 434 g/mol. The maximum Gasteiger partial charge on any atom is 0.379 e. The molecule has 1 N–H and O–H groups in total. The standard InChI is InChI=1S/C23H32N4.CHF3/c1-4-5-18(14-16(2)3)19-10-13-27(15-19)23-20-8-11-24-12-9-21(20)25-22(26-23)17-6-7-17;2-1(3)4/h4-5,14,17,19,24H,1,6-13,15H2,2-3H3;1H/b18-5+;. The van der Waals surface area contributed by atoms with E-state index in [-0.39, 0.29) is 0 Å². The zero-order valence-electron chi connectivity index (χ0n) is 18.5. The van der Waals surface area contributed by atoms with Crippen molar-refractivity contribution in [3.8, 4) is 0 Å². The molecular formula is C24H33F3N4. The van der Waals surface area contributed by atoms with Gasteiger partial charge in [0.1, 0.15) is 11.6 Å². The maximum atomic E-state index is 9.67. The van der Waals surface area contributed by atoms with Crippen LogP contribution in [0.2, 0.25) is 0 Å². The van der Waals surface area contributed by atoms with Crippen LogP contribution in [0.25, 0.3) is 0 Å². The largest absolute Gasteiger partial charge is 0.379 e. The fourth-order valence-corrected chi connectivity index (χ4v) is 4.33. The fraction of sp³-hybridized carbons (Fsp3) is 0.583. The molecule has 1 aromatic heterocycles. The van der Waals surface area contributed by atoms with Crippen LogP contribution in [0.5, 0.6) is 0 Å². The van der Waals surface area contributed by atoms with E-state index in [1.54, 1.807) is 0 Å². The number of aromatic nitrogens is 2. The van der Waals surface area contributed by atoms with Crippen molar-refractivity contribution in [3.05, 3.63) is 53.0 Å². The van der Waals surface area contributed by atoms with Crippen molar-refractivity contribution >= 4 is 5.82 Å². The molecule has 1 atom stereocenters. The van der Waals surface area contributed by atoms with E-state index in [9.17, 15) is 13.2 Å². The van der Waals surface area contributed by atoms with Crippen LogP contribution in [0.1, 0.15) is 56.1 Å². The molecule has 0 amide bonds. The highest BCUT2D eigenvalue weighted by atomic mass is 19.4. The van der Waals surface area contributed by atoms with Crippen LogP contribution in [0.15, 0.2) is 36.0 Å². The Morgan fingerprint density at radius 3 is 2.48 bits per heavy atom. The van der Waals surface area contributed by atoms with Gasteiger partial charge in [-0.15, -0.1) is 0 Å². The molecule has 31 heavy (non-hydrogen) atoms. The predicted molar refractivity (Wildman–Crippen MR) is 119 cm³/mol. The number of alkyl halides is 3. The molecule has 0 aromatic carbocycles. The summed E-state index contributed by atoms with van der Waals surface area (Å²) >= 11 is 0. The van der Waals surface area contributed by atoms with Gasteiger partial charge in [-0.2, -0.15) is 13.2 Å². The molecule has 2 aliphatic heterocycles. The lowest BCUT2D eigenvalue weighted by Gasteiger charge is -2.23. The lowest BCUT2D eigenvalue weighted by atomic mass is 9.96. The molecule has 7 heteroatoms. The van der Waals surface area contributed by atoms with E-state index in [2.05, 4.69) is 42.8 Å². The average Bonchev–Trinajstić information content (AvgIpc) is 3.48. The third kappa shape index (κ3) is 6.66. The maximum absolute atomic E-state index is 9.67. The van der Waals surface area contributed by atoms with Gasteiger partial charge in [-0.05, 0) is 51.6 Å². The first-order chi connectivity index (χ1) is 14.9. The molecule has 1 saturated heterocycles. The first kappa shape index (κ1) is 23.5. The molecule has 2 fully saturated rings. The van der Waals surface area contributed by atoms with Gasteiger partial charge < -0.3 is 10.2 Å². The number of nitrogens with zero attached hydrogens (tertiary/aromatic N) is 3. The minimum absolute atomic E-state index is 0.553. The van der Waals surface area contributed by atoms with Gasteiger partial charge in [0.2, 0.25) is 0 Å². The zero-order valence-corrected chi connectivity index (χ0v) is 18.5. The van der Waals surface area contributed by atoms with Gasteiger partial charge in [0.25, 0.3) is 0 Å². The fourth-order valence-electron chi connectivity index (χ4n) is 4.33. The summed E-state index contributed by atoms with van der Waals surface area (Å²) in [5, 5.41) is 3.53. The molecule has 1 aromatic rings.